The van der Waals surface area contributed by atoms with Crippen LogP contribution in [0.25, 0.3) is 44.7 Å². The van der Waals surface area contributed by atoms with Gasteiger partial charge in [0, 0.05) is 16.3 Å². The summed E-state index contributed by atoms with van der Waals surface area (Å²) in [4.78, 5) is 14.8. The van der Waals surface area contributed by atoms with E-state index in [4.69, 9.17) is 15.0 Å². The first kappa shape index (κ1) is 18.7. The van der Waals surface area contributed by atoms with Crippen molar-refractivity contribution in [2.75, 3.05) is 0 Å². The van der Waals surface area contributed by atoms with E-state index < -0.39 is 0 Å². The molecule has 0 saturated carbocycles. The minimum Gasteiger partial charge on any atom is -0.278 e. The predicted molar refractivity (Wildman–Crippen MR) is 130 cm³/mol. The van der Waals surface area contributed by atoms with Crippen LogP contribution in [-0.2, 0) is 0 Å². The molecule has 0 radical (unpaired) electrons. The number of benzene rings is 3. The lowest BCUT2D eigenvalue weighted by Crippen LogP contribution is -2.09. The maximum atomic E-state index is 5.00. The fourth-order valence-corrected chi connectivity index (χ4v) is 4.47. The van der Waals surface area contributed by atoms with Gasteiger partial charge in [-0.3, -0.25) is 4.57 Å². The van der Waals surface area contributed by atoms with E-state index in [2.05, 4.69) is 78.2 Å². The molecule has 0 saturated heterocycles. The van der Waals surface area contributed by atoms with E-state index in [1.165, 1.54) is 10.8 Å². The van der Waals surface area contributed by atoms with Crippen molar-refractivity contribution in [2.24, 2.45) is 5.92 Å². The molecule has 154 valence electrons. The Morgan fingerprint density at radius 3 is 2.03 bits per heavy atom. The number of hydrogen-bond acceptors (Lipinski definition) is 3. The number of para-hydroxylation sites is 2. The Labute approximate surface area is 186 Å². The Morgan fingerprint density at radius 1 is 0.719 bits per heavy atom. The van der Waals surface area contributed by atoms with Crippen LogP contribution in [0.2, 0.25) is 0 Å². The summed E-state index contributed by atoms with van der Waals surface area (Å²) < 4.78 is 2.16. The zero-order chi connectivity index (χ0) is 21.5. The summed E-state index contributed by atoms with van der Waals surface area (Å²) >= 11 is 0. The van der Waals surface area contributed by atoms with Gasteiger partial charge in [-0.25, -0.2) is 4.98 Å². The van der Waals surface area contributed by atoms with Crippen LogP contribution in [0.15, 0.2) is 97.1 Å². The van der Waals surface area contributed by atoms with E-state index in [0.717, 1.165) is 34.4 Å². The molecule has 6 rings (SSSR count). The van der Waals surface area contributed by atoms with Crippen LogP contribution in [-0.4, -0.2) is 19.5 Å². The summed E-state index contributed by atoms with van der Waals surface area (Å²) in [6.45, 7) is 2.22. The summed E-state index contributed by atoms with van der Waals surface area (Å²) in [6, 6.07) is 27.0. The van der Waals surface area contributed by atoms with Gasteiger partial charge in [-0.05, 0) is 30.0 Å². The van der Waals surface area contributed by atoms with Gasteiger partial charge >= 0.3 is 0 Å². The molecule has 0 amide bonds. The van der Waals surface area contributed by atoms with Gasteiger partial charge in [0.25, 0.3) is 0 Å². The Bertz CT molecular complexity index is 1460. The zero-order valence-corrected chi connectivity index (χ0v) is 17.8. The summed E-state index contributed by atoms with van der Waals surface area (Å²) in [7, 11) is 0. The molecule has 2 heterocycles. The highest BCUT2D eigenvalue weighted by Crippen LogP contribution is 2.32. The van der Waals surface area contributed by atoms with Gasteiger partial charge < -0.3 is 0 Å². The molecule has 1 atom stereocenters. The van der Waals surface area contributed by atoms with Gasteiger partial charge in [0.1, 0.15) is 0 Å². The zero-order valence-electron chi connectivity index (χ0n) is 17.8. The minimum absolute atomic E-state index is 0.462. The minimum atomic E-state index is 0.462. The third-order valence-corrected chi connectivity index (χ3v) is 6.00. The Balaban J connectivity index is 1.66. The molecule has 3 aromatic carbocycles. The fourth-order valence-electron chi connectivity index (χ4n) is 4.47. The average Bonchev–Trinajstić information content (AvgIpc) is 3.19. The van der Waals surface area contributed by atoms with Crippen LogP contribution in [0.1, 0.15) is 19.2 Å². The van der Waals surface area contributed by atoms with Gasteiger partial charge in [0.2, 0.25) is 5.95 Å². The number of fused-ring (bicyclic) bond motifs is 3. The highest BCUT2D eigenvalue weighted by Gasteiger charge is 2.19. The van der Waals surface area contributed by atoms with Gasteiger partial charge in [0.05, 0.1) is 11.0 Å². The first-order valence-electron chi connectivity index (χ1n) is 11.0. The van der Waals surface area contributed by atoms with Crippen molar-refractivity contribution in [3.05, 3.63) is 103 Å². The van der Waals surface area contributed by atoms with Crippen LogP contribution in [0.5, 0.6) is 0 Å². The van der Waals surface area contributed by atoms with Crippen molar-refractivity contribution in [3.8, 4) is 17.3 Å². The first-order chi connectivity index (χ1) is 15.8. The normalized spacial score (nSPS) is 15.9. The van der Waals surface area contributed by atoms with Gasteiger partial charge in [-0.1, -0.05) is 91.9 Å². The van der Waals surface area contributed by atoms with Gasteiger partial charge in [-0.15, -0.1) is 0 Å². The third kappa shape index (κ3) is 3.12. The number of aromatic nitrogens is 4. The number of hydrogen-bond donors (Lipinski definition) is 0. The lowest BCUT2D eigenvalue weighted by atomic mass is 9.95. The Morgan fingerprint density at radius 2 is 1.34 bits per heavy atom. The molecule has 4 heteroatoms. The third-order valence-electron chi connectivity index (χ3n) is 6.00. The summed E-state index contributed by atoms with van der Waals surface area (Å²) in [5.41, 5.74) is 4.31. The van der Waals surface area contributed by atoms with Crippen molar-refractivity contribution < 1.29 is 0 Å². The van der Waals surface area contributed by atoms with Crippen molar-refractivity contribution in [1.29, 1.82) is 0 Å². The molecule has 1 aliphatic carbocycles. The Kier molecular flexibility index (Phi) is 4.43. The molecular weight excluding hydrogens is 392 g/mol. The molecule has 0 spiro atoms. The second kappa shape index (κ2) is 7.57. The summed E-state index contributed by atoms with van der Waals surface area (Å²) in [5.74, 6) is 2.54. The molecule has 1 unspecified atom stereocenters. The van der Waals surface area contributed by atoms with Gasteiger partial charge in [0.15, 0.2) is 11.6 Å². The van der Waals surface area contributed by atoms with Gasteiger partial charge in [-0.2, -0.15) is 9.97 Å². The quantitative estimate of drug-likeness (QED) is 0.333. The topological polar surface area (TPSA) is 43.6 Å². The van der Waals surface area contributed by atoms with Crippen LogP contribution < -0.4 is 0 Å². The molecule has 4 nitrogen and oxygen atoms in total. The van der Waals surface area contributed by atoms with Crippen LogP contribution in [0, 0.1) is 5.92 Å². The molecular formula is C28H22N4. The summed E-state index contributed by atoms with van der Waals surface area (Å²) in [5, 5.41) is 2.39. The molecule has 0 fully saturated rings. The first-order valence-corrected chi connectivity index (χ1v) is 11.0. The van der Waals surface area contributed by atoms with E-state index in [1.54, 1.807) is 0 Å². The van der Waals surface area contributed by atoms with E-state index >= 15 is 0 Å². The molecule has 2 aromatic heterocycles. The molecule has 0 N–H and O–H groups in total. The van der Waals surface area contributed by atoms with E-state index in [9.17, 15) is 0 Å². The van der Waals surface area contributed by atoms with Crippen molar-refractivity contribution in [1.82, 2.24) is 19.5 Å². The maximum absolute atomic E-state index is 5.00. The number of allylic oxidation sites excluding steroid dienone is 4. The van der Waals surface area contributed by atoms with Crippen molar-refractivity contribution in [3.63, 3.8) is 0 Å². The molecule has 0 bridgehead atoms. The monoisotopic (exact) mass is 414 g/mol. The number of rotatable bonds is 3. The molecule has 1 aliphatic rings. The average molecular weight is 415 g/mol. The highest BCUT2D eigenvalue weighted by atomic mass is 15.2. The lowest BCUT2D eigenvalue weighted by molar-refractivity contribution is 0.741. The highest BCUT2D eigenvalue weighted by molar-refractivity contribution is 6.08. The van der Waals surface area contributed by atoms with E-state index in [0.29, 0.717) is 17.7 Å². The number of nitrogens with zero attached hydrogens (tertiary/aromatic N) is 4. The molecule has 5 aromatic rings. The van der Waals surface area contributed by atoms with Crippen molar-refractivity contribution >= 4 is 27.4 Å². The molecule has 32 heavy (non-hydrogen) atoms. The van der Waals surface area contributed by atoms with Crippen LogP contribution in [0.3, 0.4) is 0 Å². The molecule has 0 aliphatic heterocycles. The largest absolute Gasteiger partial charge is 0.278 e. The van der Waals surface area contributed by atoms with Crippen LogP contribution >= 0.6 is 0 Å². The van der Waals surface area contributed by atoms with E-state index in [1.807, 2.05) is 30.3 Å². The maximum Gasteiger partial charge on any atom is 0.238 e. The SMILES string of the molecule is CC1C=CC=C(c2nc(-c3ccccc3)nc(-n3c4ccccc4c4ccccc43)n2)C1. The smallest absolute Gasteiger partial charge is 0.238 e. The lowest BCUT2D eigenvalue weighted by Gasteiger charge is -2.15. The van der Waals surface area contributed by atoms with Crippen molar-refractivity contribution in [2.45, 2.75) is 13.3 Å². The fraction of sp³-hybridized carbons (Fsp3) is 0.107. The Hall–Kier alpha value is -4.05. The summed E-state index contributed by atoms with van der Waals surface area (Å²) in [6.07, 6.45) is 7.37. The predicted octanol–water partition coefficient (Wildman–Crippen LogP) is 6.62. The van der Waals surface area contributed by atoms with E-state index in [-0.39, 0.29) is 0 Å². The van der Waals surface area contributed by atoms with Crippen LogP contribution in [0.4, 0.5) is 0 Å². The second-order valence-corrected chi connectivity index (χ2v) is 8.28. The standard InChI is InChI=1S/C28H22N4/c1-19-10-9-13-21(18-19)27-29-26(20-11-3-2-4-12-20)30-28(31-27)32-24-16-7-5-14-22(24)23-15-6-8-17-25(23)32/h2-17,19H,18H2,1H3. The second-order valence-electron chi connectivity index (χ2n) is 8.28.